The minimum Gasteiger partial charge on any atom is -0.504 e. The number of ether oxygens (including phenoxy) is 1. The number of benzene rings is 2. The van der Waals surface area contributed by atoms with Crippen molar-refractivity contribution in [2.75, 3.05) is 7.11 Å². The Labute approximate surface area is 191 Å². The van der Waals surface area contributed by atoms with Crippen LogP contribution in [-0.2, 0) is 4.43 Å². The van der Waals surface area contributed by atoms with Crippen LogP contribution >= 0.6 is 0 Å². The van der Waals surface area contributed by atoms with E-state index in [0.29, 0.717) is 17.6 Å². The molecular weight excluding hydrogens is 400 g/mol. The Balaban J connectivity index is 0.000000311. The van der Waals surface area contributed by atoms with Gasteiger partial charge in [0.05, 0.1) is 0 Å². The molecule has 0 heterocycles. The molecule has 2 unspecified atom stereocenters. The number of phenols is 1. The highest BCUT2D eigenvalue weighted by atomic mass is 28.4. The standard InChI is InChI=1S/C14H22O2.C13H22OSi/c1-6-10(2)11-7-8-13(12(15)9-11)16-14(3,4)5;1-6-11(2)12-7-9-13(10-8-12)15(4,5)14-3/h7-10,15H,6H2,1-5H3;7-11H,6H2,1-5H3. The van der Waals surface area contributed by atoms with Crippen molar-refractivity contribution in [3.8, 4) is 11.5 Å². The fourth-order valence-corrected chi connectivity index (χ4v) is 4.26. The van der Waals surface area contributed by atoms with Crippen LogP contribution in [0.2, 0.25) is 13.1 Å². The highest BCUT2D eigenvalue weighted by Gasteiger charge is 2.23. The molecule has 0 fully saturated rings. The SMILES string of the molecule is CCC(C)c1ccc(OC(C)(C)C)c(O)c1.CCC(C)c1ccc([Si](C)(C)OC)cc1. The molecule has 0 aliphatic carbocycles. The molecule has 2 aromatic carbocycles. The molecule has 3 nitrogen and oxygen atoms in total. The van der Waals surface area contributed by atoms with E-state index in [0.717, 1.165) is 12.0 Å². The molecule has 174 valence electrons. The fourth-order valence-electron chi connectivity index (χ4n) is 3.06. The summed E-state index contributed by atoms with van der Waals surface area (Å²) in [6, 6.07) is 14.6. The summed E-state index contributed by atoms with van der Waals surface area (Å²) >= 11 is 0. The first-order chi connectivity index (χ1) is 14.3. The van der Waals surface area contributed by atoms with Gasteiger partial charge in [0.15, 0.2) is 11.5 Å². The predicted molar refractivity (Wildman–Crippen MR) is 136 cm³/mol. The van der Waals surface area contributed by atoms with Crippen LogP contribution in [0.3, 0.4) is 0 Å². The van der Waals surface area contributed by atoms with E-state index in [9.17, 15) is 5.11 Å². The first-order valence-electron chi connectivity index (χ1n) is 11.5. The third-order valence-corrected chi connectivity index (χ3v) is 8.62. The maximum atomic E-state index is 9.87. The van der Waals surface area contributed by atoms with E-state index < -0.39 is 8.32 Å². The van der Waals surface area contributed by atoms with Crippen LogP contribution in [0.4, 0.5) is 0 Å². The summed E-state index contributed by atoms with van der Waals surface area (Å²) in [5.41, 5.74) is 2.30. The van der Waals surface area contributed by atoms with E-state index >= 15 is 0 Å². The molecular formula is C27H44O3Si. The van der Waals surface area contributed by atoms with Gasteiger partial charge in [0.25, 0.3) is 0 Å². The lowest BCUT2D eigenvalue weighted by atomic mass is 9.98. The van der Waals surface area contributed by atoms with Crippen LogP contribution in [0, 0.1) is 0 Å². The first-order valence-corrected chi connectivity index (χ1v) is 14.4. The van der Waals surface area contributed by atoms with Crippen molar-refractivity contribution in [3.05, 3.63) is 53.6 Å². The van der Waals surface area contributed by atoms with Gasteiger partial charge in [-0.15, -0.1) is 0 Å². The fraction of sp³-hybridized carbons (Fsp3) is 0.556. The van der Waals surface area contributed by atoms with Crippen LogP contribution in [0.15, 0.2) is 42.5 Å². The van der Waals surface area contributed by atoms with E-state index in [1.165, 1.54) is 17.2 Å². The Morgan fingerprint density at radius 1 is 0.871 bits per heavy atom. The summed E-state index contributed by atoms with van der Waals surface area (Å²) in [4.78, 5) is 0. The predicted octanol–water partition coefficient (Wildman–Crippen LogP) is 7.34. The topological polar surface area (TPSA) is 38.7 Å². The zero-order valence-corrected chi connectivity index (χ0v) is 22.4. The Hall–Kier alpha value is -1.78. The van der Waals surface area contributed by atoms with Gasteiger partial charge in [-0.05, 0) is 87.0 Å². The molecule has 0 aliphatic rings. The molecule has 0 spiro atoms. The molecule has 2 rings (SSSR count). The van der Waals surface area contributed by atoms with Gasteiger partial charge >= 0.3 is 0 Å². The van der Waals surface area contributed by atoms with Crippen molar-refractivity contribution < 1.29 is 14.3 Å². The molecule has 0 radical (unpaired) electrons. The maximum Gasteiger partial charge on any atom is 0.217 e. The Morgan fingerprint density at radius 3 is 1.77 bits per heavy atom. The van der Waals surface area contributed by atoms with Crippen molar-refractivity contribution in [2.45, 2.75) is 91.8 Å². The van der Waals surface area contributed by atoms with Crippen LogP contribution in [0.1, 0.15) is 84.3 Å². The zero-order valence-electron chi connectivity index (χ0n) is 21.4. The highest BCUT2D eigenvalue weighted by molar-refractivity contribution is 6.84. The lowest BCUT2D eigenvalue weighted by molar-refractivity contribution is 0.126. The number of hydrogen-bond acceptors (Lipinski definition) is 3. The van der Waals surface area contributed by atoms with Gasteiger partial charge in [-0.3, -0.25) is 0 Å². The molecule has 0 aliphatic heterocycles. The molecule has 1 N–H and O–H groups in total. The Kier molecular flexibility index (Phi) is 10.3. The van der Waals surface area contributed by atoms with Crippen molar-refractivity contribution in [2.24, 2.45) is 0 Å². The molecule has 0 bridgehead atoms. The lowest BCUT2D eigenvalue weighted by Crippen LogP contribution is -2.43. The summed E-state index contributed by atoms with van der Waals surface area (Å²) in [5, 5.41) is 11.2. The number of phenolic OH excluding ortho intramolecular Hbond substituents is 1. The van der Waals surface area contributed by atoms with E-state index in [1.54, 1.807) is 6.07 Å². The average molecular weight is 445 g/mol. The average Bonchev–Trinajstić information content (AvgIpc) is 2.73. The number of aromatic hydroxyl groups is 1. The third kappa shape index (κ3) is 8.70. The quantitative estimate of drug-likeness (QED) is 0.454. The summed E-state index contributed by atoms with van der Waals surface area (Å²) in [5.74, 6) is 1.91. The van der Waals surface area contributed by atoms with E-state index in [-0.39, 0.29) is 11.4 Å². The molecule has 0 saturated carbocycles. The van der Waals surface area contributed by atoms with Crippen LogP contribution in [0.25, 0.3) is 0 Å². The van der Waals surface area contributed by atoms with Gasteiger partial charge in [0.1, 0.15) is 5.60 Å². The highest BCUT2D eigenvalue weighted by Crippen LogP contribution is 2.32. The molecule has 2 atom stereocenters. The van der Waals surface area contributed by atoms with Crippen molar-refractivity contribution in [1.82, 2.24) is 0 Å². The van der Waals surface area contributed by atoms with Crippen molar-refractivity contribution >= 4 is 13.5 Å². The first kappa shape index (κ1) is 27.3. The molecule has 31 heavy (non-hydrogen) atoms. The lowest BCUT2D eigenvalue weighted by Gasteiger charge is -2.22. The molecule has 0 saturated heterocycles. The second-order valence-electron chi connectivity index (χ2n) is 9.90. The van der Waals surface area contributed by atoms with Crippen LogP contribution < -0.4 is 9.92 Å². The van der Waals surface area contributed by atoms with E-state index in [4.69, 9.17) is 9.16 Å². The van der Waals surface area contributed by atoms with Gasteiger partial charge in [0.2, 0.25) is 8.32 Å². The van der Waals surface area contributed by atoms with E-state index in [1.807, 2.05) is 40.0 Å². The van der Waals surface area contributed by atoms with Crippen molar-refractivity contribution in [1.29, 1.82) is 0 Å². The van der Waals surface area contributed by atoms with Gasteiger partial charge in [-0.2, -0.15) is 0 Å². The summed E-state index contributed by atoms with van der Waals surface area (Å²) in [7, 11) is 0.193. The number of rotatable bonds is 7. The monoisotopic (exact) mass is 444 g/mol. The maximum absolute atomic E-state index is 9.87. The van der Waals surface area contributed by atoms with Gasteiger partial charge in [-0.1, -0.05) is 58.0 Å². The molecule has 2 aromatic rings. The summed E-state index contributed by atoms with van der Waals surface area (Å²) in [6.07, 6.45) is 2.27. The molecule has 0 aromatic heterocycles. The number of hydrogen-bond donors (Lipinski definition) is 1. The van der Waals surface area contributed by atoms with Gasteiger partial charge < -0.3 is 14.3 Å². The van der Waals surface area contributed by atoms with Gasteiger partial charge in [-0.25, -0.2) is 0 Å². The smallest absolute Gasteiger partial charge is 0.217 e. The molecule has 4 heteroatoms. The van der Waals surface area contributed by atoms with Gasteiger partial charge in [0, 0.05) is 7.11 Å². The third-order valence-electron chi connectivity index (χ3n) is 5.88. The normalized spacial score (nSPS) is 13.7. The summed E-state index contributed by atoms with van der Waals surface area (Å²) < 4.78 is 11.2. The molecule has 0 amide bonds. The van der Waals surface area contributed by atoms with Crippen LogP contribution in [0.5, 0.6) is 11.5 Å². The largest absolute Gasteiger partial charge is 0.504 e. The van der Waals surface area contributed by atoms with Crippen molar-refractivity contribution in [3.63, 3.8) is 0 Å². The van der Waals surface area contributed by atoms with Crippen LogP contribution in [-0.4, -0.2) is 26.1 Å². The Morgan fingerprint density at radius 2 is 1.35 bits per heavy atom. The minimum atomic E-state index is -1.62. The minimum absolute atomic E-state index is 0.229. The van der Waals surface area contributed by atoms with E-state index in [2.05, 4.69) is 65.1 Å². The Bertz CT molecular complexity index is 791. The second-order valence-corrected chi connectivity index (χ2v) is 13.9. The second kappa shape index (κ2) is 11.7. The zero-order chi connectivity index (χ0) is 23.8. The summed E-state index contributed by atoms with van der Waals surface area (Å²) in [6.45, 7) is 19.1.